The van der Waals surface area contributed by atoms with E-state index >= 15 is 0 Å². The molecule has 21 heavy (non-hydrogen) atoms. The maximum atomic E-state index is 13.2. The van der Waals surface area contributed by atoms with Crippen LogP contribution in [0.2, 0.25) is 0 Å². The van der Waals surface area contributed by atoms with Crippen LogP contribution in [0.3, 0.4) is 0 Å². The first-order valence-electron chi connectivity index (χ1n) is 7.45. The number of aliphatic hydroxyl groups is 1. The van der Waals surface area contributed by atoms with E-state index in [1.165, 1.54) is 0 Å². The predicted octanol–water partition coefficient (Wildman–Crippen LogP) is 3.46. The summed E-state index contributed by atoms with van der Waals surface area (Å²) in [6.07, 6.45) is -3.47. The summed E-state index contributed by atoms with van der Waals surface area (Å²) in [5, 5.41) is 10.5. The molecule has 2 nitrogen and oxygen atoms in total. The smallest absolute Gasteiger partial charge is 0.392 e. The number of benzene rings is 1. The summed E-state index contributed by atoms with van der Waals surface area (Å²) in [5.41, 5.74) is 6.53. The van der Waals surface area contributed by atoms with E-state index in [-0.39, 0.29) is 13.0 Å². The molecule has 4 unspecified atom stereocenters. The van der Waals surface area contributed by atoms with E-state index in [0.717, 1.165) is 12.0 Å². The fraction of sp³-hybridized carbons (Fsp3) is 0.625. The van der Waals surface area contributed by atoms with Gasteiger partial charge in [-0.3, -0.25) is 0 Å². The lowest BCUT2D eigenvalue weighted by Crippen LogP contribution is -2.43. The molecule has 0 radical (unpaired) electrons. The van der Waals surface area contributed by atoms with E-state index in [1.807, 2.05) is 30.3 Å². The van der Waals surface area contributed by atoms with Crippen LogP contribution in [0.1, 0.15) is 37.2 Å². The van der Waals surface area contributed by atoms with E-state index in [2.05, 4.69) is 0 Å². The van der Waals surface area contributed by atoms with Crippen molar-refractivity contribution in [3.8, 4) is 0 Å². The Hall–Kier alpha value is -1.07. The highest BCUT2D eigenvalue weighted by Gasteiger charge is 2.48. The zero-order chi connectivity index (χ0) is 15.5. The number of hydrogen-bond donors (Lipinski definition) is 2. The molecule has 5 heteroatoms. The van der Waals surface area contributed by atoms with Crippen molar-refractivity contribution < 1.29 is 18.3 Å². The Morgan fingerprint density at radius 1 is 1.14 bits per heavy atom. The minimum Gasteiger partial charge on any atom is -0.392 e. The Bertz CT molecular complexity index is 435. The van der Waals surface area contributed by atoms with Crippen molar-refractivity contribution in [3.05, 3.63) is 35.9 Å². The van der Waals surface area contributed by atoms with E-state index < -0.39 is 30.0 Å². The first kappa shape index (κ1) is 16.3. The van der Waals surface area contributed by atoms with Crippen LogP contribution < -0.4 is 5.73 Å². The van der Waals surface area contributed by atoms with Gasteiger partial charge in [0.2, 0.25) is 0 Å². The molecule has 1 aromatic carbocycles. The zero-order valence-electron chi connectivity index (χ0n) is 11.9. The van der Waals surface area contributed by atoms with Crippen LogP contribution in [0.5, 0.6) is 0 Å². The van der Waals surface area contributed by atoms with Crippen LogP contribution in [-0.4, -0.2) is 23.9 Å². The van der Waals surface area contributed by atoms with Crippen molar-refractivity contribution in [3.63, 3.8) is 0 Å². The molecule has 4 atom stereocenters. The lowest BCUT2D eigenvalue weighted by molar-refractivity contribution is -0.207. The summed E-state index contributed by atoms with van der Waals surface area (Å²) in [7, 11) is 0. The van der Waals surface area contributed by atoms with Gasteiger partial charge in [-0.1, -0.05) is 43.2 Å². The van der Waals surface area contributed by atoms with Gasteiger partial charge in [0.15, 0.2) is 0 Å². The molecule has 0 spiro atoms. The number of alkyl halides is 3. The fourth-order valence-corrected chi connectivity index (χ4v) is 3.45. The highest BCUT2D eigenvalue weighted by Crippen LogP contribution is 2.45. The van der Waals surface area contributed by atoms with Gasteiger partial charge in [-0.2, -0.15) is 13.2 Å². The van der Waals surface area contributed by atoms with E-state index in [1.54, 1.807) is 0 Å². The summed E-state index contributed by atoms with van der Waals surface area (Å²) in [5.74, 6) is -2.62. The molecule has 3 N–H and O–H groups in total. The van der Waals surface area contributed by atoms with Gasteiger partial charge in [0, 0.05) is 12.5 Å². The Morgan fingerprint density at radius 3 is 2.33 bits per heavy atom. The first-order chi connectivity index (χ1) is 9.95. The number of halogens is 3. The third kappa shape index (κ3) is 3.77. The monoisotopic (exact) mass is 301 g/mol. The number of nitrogens with two attached hydrogens (primary N) is 1. The molecule has 1 aliphatic rings. The number of hydrogen-bond acceptors (Lipinski definition) is 2. The molecule has 118 valence electrons. The van der Waals surface area contributed by atoms with Crippen molar-refractivity contribution >= 4 is 0 Å². The molecule has 2 rings (SSSR count). The van der Waals surface area contributed by atoms with Gasteiger partial charge in [-0.15, -0.1) is 0 Å². The van der Waals surface area contributed by atoms with E-state index in [4.69, 9.17) is 5.73 Å². The molecule has 0 aromatic heterocycles. The Morgan fingerprint density at radius 2 is 1.76 bits per heavy atom. The number of aliphatic hydroxyl groups excluding tert-OH is 1. The van der Waals surface area contributed by atoms with Gasteiger partial charge in [0.25, 0.3) is 0 Å². The third-order valence-electron chi connectivity index (χ3n) is 4.57. The summed E-state index contributed by atoms with van der Waals surface area (Å²) < 4.78 is 39.5. The van der Waals surface area contributed by atoms with E-state index in [0.29, 0.717) is 12.8 Å². The van der Waals surface area contributed by atoms with Crippen LogP contribution in [0.4, 0.5) is 13.2 Å². The topological polar surface area (TPSA) is 46.2 Å². The second kappa shape index (κ2) is 6.79. The zero-order valence-corrected chi connectivity index (χ0v) is 11.9. The standard InChI is InChI=1S/C16H22F3NO/c17-16(18,19)14-9-5-4-8-12(14)15(21)13(10-20)11-6-2-1-3-7-11/h1-3,6-7,12-15,21H,4-5,8-10,20H2. The molecule has 1 saturated carbocycles. The number of rotatable bonds is 4. The van der Waals surface area contributed by atoms with Crippen molar-refractivity contribution in [1.82, 2.24) is 0 Å². The van der Waals surface area contributed by atoms with Crippen LogP contribution in [0.25, 0.3) is 0 Å². The Balaban J connectivity index is 2.21. The lowest BCUT2D eigenvalue weighted by Gasteiger charge is -2.38. The molecular formula is C16H22F3NO. The van der Waals surface area contributed by atoms with Crippen molar-refractivity contribution in [1.29, 1.82) is 0 Å². The third-order valence-corrected chi connectivity index (χ3v) is 4.57. The van der Waals surface area contributed by atoms with Gasteiger partial charge in [0.05, 0.1) is 12.0 Å². The average molecular weight is 301 g/mol. The first-order valence-corrected chi connectivity index (χ1v) is 7.45. The molecule has 1 aliphatic carbocycles. The minimum atomic E-state index is -4.25. The van der Waals surface area contributed by atoms with Crippen LogP contribution in [-0.2, 0) is 0 Å². The van der Waals surface area contributed by atoms with E-state index in [9.17, 15) is 18.3 Å². The second-order valence-corrected chi connectivity index (χ2v) is 5.84. The lowest BCUT2D eigenvalue weighted by atomic mass is 9.71. The minimum absolute atomic E-state index is 0.108. The molecule has 0 heterocycles. The van der Waals surface area contributed by atoms with Gasteiger partial charge < -0.3 is 10.8 Å². The molecule has 1 aromatic rings. The Labute approximate surface area is 123 Å². The van der Waals surface area contributed by atoms with Crippen LogP contribution in [0, 0.1) is 11.8 Å². The van der Waals surface area contributed by atoms with Gasteiger partial charge in [0.1, 0.15) is 0 Å². The summed E-state index contributed by atoms with van der Waals surface area (Å²) in [6, 6.07) is 9.08. The van der Waals surface area contributed by atoms with Gasteiger partial charge in [-0.25, -0.2) is 0 Å². The molecule has 0 saturated heterocycles. The molecule has 1 fully saturated rings. The largest absolute Gasteiger partial charge is 0.392 e. The average Bonchev–Trinajstić information content (AvgIpc) is 2.48. The van der Waals surface area contributed by atoms with Crippen molar-refractivity contribution in [2.45, 2.75) is 43.9 Å². The summed E-state index contributed by atoms with van der Waals surface area (Å²) >= 11 is 0. The Kier molecular flexibility index (Phi) is 5.27. The maximum Gasteiger partial charge on any atom is 0.392 e. The normalized spacial score (nSPS) is 26.3. The van der Waals surface area contributed by atoms with Gasteiger partial charge in [-0.05, 0) is 24.3 Å². The van der Waals surface area contributed by atoms with Crippen LogP contribution in [0.15, 0.2) is 30.3 Å². The SMILES string of the molecule is NCC(c1ccccc1)C(O)C1CCCCC1C(F)(F)F. The molecule has 0 amide bonds. The highest BCUT2D eigenvalue weighted by atomic mass is 19.4. The van der Waals surface area contributed by atoms with Gasteiger partial charge >= 0.3 is 6.18 Å². The highest BCUT2D eigenvalue weighted by molar-refractivity contribution is 5.21. The summed E-state index contributed by atoms with van der Waals surface area (Å²) in [6.45, 7) is 0.145. The van der Waals surface area contributed by atoms with Crippen LogP contribution >= 0.6 is 0 Å². The maximum absolute atomic E-state index is 13.2. The quantitative estimate of drug-likeness (QED) is 0.894. The summed E-state index contributed by atoms with van der Waals surface area (Å²) in [4.78, 5) is 0. The van der Waals surface area contributed by atoms with Crippen molar-refractivity contribution in [2.75, 3.05) is 6.54 Å². The molecular weight excluding hydrogens is 279 g/mol. The predicted molar refractivity (Wildman–Crippen MR) is 75.7 cm³/mol. The molecule has 0 aliphatic heterocycles. The fourth-order valence-electron chi connectivity index (χ4n) is 3.45. The van der Waals surface area contributed by atoms with Crippen molar-refractivity contribution in [2.24, 2.45) is 17.6 Å². The second-order valence-electron chi connectivity index (χ2n) is 5.84. The molecule has 0 bridgehead atoms.